The van der Waals surface area contributed by atoms with Crippen molar-refractivity contribution in [2.45, 2.75) is 24.8 Å². The zero-order chi connectivity index (χ0) is 7.44. The molecule has 0 saturated heterocycles. The average molecular weight is 197 g/mol. The molecule has 3 nitrogen and oxygen atoms in total. The van der Waals surface area contributed by atoms with E-state index in [9.17, 15) is 4.79 Å². The van der Waals surface area contributed by atoms with E-state index in [4.69, 9.17) is 5.11 Å². The van der Waals surface area contributed by atoms with Crippen molar-refractivity contribution in [1.29, 1.82) is 0 Å². The van der Waals surface area contributed by atoms with Gasteiger partial charge in [-0.15, -0.1) is 0 Å². The number of halogens is 1. The van der Waals surface area contributed by atoms with Crippen molar-refractivity contribution in [3.8, 4) is 0 Å². The minimum Gasteiger partial charge on any atom is -0.450 e. The number of carboxylic acid groups (broad SMARTS) is 1. The van der Waals surface area contributed by atoms with Crippen LogP contribution in [0.4, 0.5) is 4.79 Å². The zero-order valence-electron chi connectivity index (χ0n) is 5.30. The molecule has 0 aliphatic heterocycles. The minimum absolute atomic E-state index is 0.0635. The summed E-state index contributed by atoms with van der Waals surface area (Å²) < 4.78 is 4.38. The van der Waals surface area contributed by atoms with Gasteiger partial charge in [-0.1, -0.05) is 15.9 Å². The number of hydrogen-bond acceptors (Lipinski definition) is 2. The Kier molecular flexibility index (Phi) is 3.61. The molecule has 54 valence electrons. The number of ether oxygens (including phenoxy) is 1. The van der Waals surface area contributed by atoms with Gasteiger partial charge in [0.25, 0.3) is 0 Å². The summed E-state index contributed by atoms with van der Waals surface area (Å²) in [5.74, 6) is 0. The molecule has 0 spiro atoms. The van der Waals surface area contributed by atoms with E-state index in [1.165, 1.54) is 0 Å². The molecule has 0 aromatic carbocycles. The van der Waals surface area contributed by atoms with Crippen molar-refractivity contribution in [2.24, 2.45) is 0 Å². The van der Waals surface area contributed by atoms with Gasteiger partial charge in [0.05, 0.1) is 0 Å². The molecule has 2 atom stereocenters. The summed E-state index contributed by atoms with van der Waals surface area (Å²) in [7, 11) is 0. The Hall–Kier alpha value is -0.250. The number of rotatable bonds is 2. The van der Waals surface area contributed by atoms with E-state index < -0.39 is 6.16 Å². The Morgan fingerprint density at radius 1 is 1.67 bits per heavy atom. The van der Waals surface area contributed by atoms with E-state index in [1.54, 1.807) is 6.92 Å². The maximum atomic E-state index is 9.87. The molecule has 0 rings (SSSR count). The fourth-order valence-electron chi connectivity index (χ4n) is 0.253. The summed E-state index contributed by atoms with van der Waals surface area (Å²) in [6.07, 6.45) is -1.52. The fourth-order valence-corrected chi connectivity index (χ4v) is 0.361. The smallest absolute Gasteiger partial charge is 0.450 e. The lowest BCUT2D eigenvalue weighted by Gasteiger charge is -2.11. The molecule has 0 aliphatic carbocycles. The van der Waals surface area contributed by atoms with Crippen LogP contribution in [0.25, 0.3) is 0 Å². The van der Waals surface area contributed by atoms with E-state index >= 15 is 0 Å². The molecular formula is C5H9BrO3. The van der Waals surface area contributed by atoms with Crippen molar-refractivity contribution < 1.29 is 14.6 Å². The van der Waals surface area contributed by atoms with Crippen molar-refractivity contribution in [3.63, 3.8) is 0 Å². The van der Waals surface area contributed by atoms with E-state index in [0.717, 1.165) is 0 Å². The predicted octanol–water partition coefficient (Wildman–Crippen LogP) is 1.85. The molecule has 0 fully saturated rings. The van der Waals surface area contributed by atoms with Gasteiger partial charge >= 0.3 is 6.16 Å². The van der Waals surface area contributed by atoms with Crippen LogP contribution >= 0.6 is 15.9 Å². The lowest BCUT2D eigenvalue weighted by molar-refractivity contribution is 0.0604. The van der Waals surface area contributed by atoms with Crippen LogP contribution < -0.4 is 0 Å². The first-order valence-corrected chi connectivity index (χ1v) is 3.49. The number of alkyl halides is 1. The molecule has 0 aromatic heterocycles. The predicted molar refractivity (Wildman–Crippen MR) is 37.0 cm³/mol. The van der Waals surface area contributed by atoms with Gasteiger partial charge in [-0.3, -0.25) is 0 Å². The topological polar surface area (TPSA) is 46.5 Å². The van der Waals surface area contributed by atoms with Crippen LogP contribution in [-0.2, 0) is 4.74 Å². The number of hydrogen-bond donors (Lipinski definition) is 1. The van der Waals surface area contributed by atoms with Crippen LogP contribution in [0.3, 0.4) is 0 Å². The van der Waals surface area contributed by atoms with Gasteiger partial charge in [0.2, 0.25) is 0 Å². The van der Waals surface area contributed by atoms with Gasteiger partial charge in [-0.05, 0) is 13.8 Å². The molecule has 0 amide bonds. The van der Waals surface area contributed by atoms with Crippen LogP contribution in [0, 0.1) is 0 Å². The SMILES string of the molecule is CC(Br)C(C)OC(=O)O. The van der Waals surface area contributed by atoms with E-state index in [1.807, 2.05) is 6.92 Å². The highest BCUT2D eigenvalue weighted by Gasteiger charge is 2.11. The number of carbonyl (C=O) groups is 1. The normalized spacial score (nSPS) is 16.3. The second-order valence-electron chi connectivity index (χ2n) is 1.77. The molecule has 1 N–H and O–H groups in total. The molecule has 2 unspecified atom stereocenters. The standard InChI is InChI=1S/C5H9BrO3/c1-3(6)4(2)9-5(7)8/h3-4H,1-2H3,(H,7,8). The molecule has 0 radical (unpaired) electrons. The second-order valence-corrected chi connectivity index (χ2v) is 3.21. The van der Waals surface area contributed by atoms with Crippen LogP contribution in [0.2, 0.25) is 0 Å². The molecule has 0 bridgehead atoms. The average Bonchev–Trinajstić information content (AvgIpc) is 1.63. The maximum Gasteiger partial charge on any atom is 0.506 e. The highest BCUT2D eigenvalue weighted by molar-refractivity contribution is 9.09. The summed E-state index contributed by atoms with van der Waals surface area (Å²) in [4.78, 5) is 9.93. The molecule has 0 aliphatic rings. The quantitative estimate of drug-likeness (QED) is 0.542. The van der Waals surface area contributed by atoms with E-state index in [2.05, 4.69) is 20.7 Å². The van der Waals surface area contributed by atoms with Crippen LogP contribution in [0.15, 0.2) is 0 Å². The third kappa shape index (κ3) is 4.27. The van der Waals surface area contributed by atoms with Crippen molar-refractivity contribution in [3.05, 3.63) is 0 Å². The lowest BCUT2D eigenvalue weighted by Crippen LogP contribution is -2.20. The summed E-state index contributed by atoms with van der Waals surface area (Å²) >= 11 is 3.18. The van der Waals surface area contributed by atoms with Gasteiger partial charge in [0, 0.05) is 4.83 Å². The van der Waals surface area contributed by atoms with Crippen LogP contribution in [-0.4, -0.2) is 22.2 Å². The summed E-state index contributed by atoms with van der Waals surface area (Å²) in [5, 5.41) is 8.09. The third-order valence-electron chi connectivity index (χ3n) is 0.934. The molecule has 0 saturated carbocycles. The first kappa shape index (κ1) is 8.75. The van der Waals surface area contributed by atoms with Gasteiger partial charge in [-0.2, -0.15) is 0 Å². The fraction of sp³-hybridized carbons (Fsp3) is 0.800. The minimum atomic E-state index is -1.23. The third-order valence-corrected chi connectivity index (χ3v) is 1.68. The molecule has 0 heterocycles. The molecular weight excluding hydrogens is 188 g/mol. The Morgan fingerprint density at radius 2 is 2.11 bits per heavy atom. The van der Waals surface area contributed by atoms with Gasteiger partial charge in [0.1, 0.15) is 6.10 Å². The second kappa shape index (κ2) is 3.71. The highest BCUT2D eigenvalue weighted by Crippen LogP contribution is 2.07. The Balaban J connectivity index is 3.50. The van der Waals surface area contributed by atoms with Crippen molar-refractivity contribution in [2.75, 3.05) is 0 Å². The zero-order valence-corrected chi connectivity index (χ0v) is 6.88. The van der Waals surface area contributed by atoms with Gasteiger partial charge < -0.3 is 9.84 Å². The monoisotopic (exact) mass is 196 g/mol. The van der Waals surface area contributed by atoms with Gasteiger partial charge in [0.15, 0.2) is 0 Å². The van der Waals surface area contributed by atoms with E-state index in [-0.39, 0.29) is 10.9 Å². The Morgan fingerprint density at radius 3 is 2.22 bits per heavy atom. The Bertz CT molecular complexity index is 102. The van der Waals surface area contributed by atoms with Crippen molar-refractivity contribution in [1.82, 2.24) is 0 Å². The first-order valence-electron chi connectivity index (χ1n) is 2.57. The largest absolute Gasteiger partial charge is 0.506 e. The lowest BCUT2D eigenvalue weighted by atomic mass is 10.3. The highest BCUT2D eigenvalue weighted by atomic mass is 79.9. The molecule has 9 heavy (non-hydrogen) atoms. The summed E-state index contributed by atoms with van der Waals surface area (Å²) in [6.45, 7) is 3.52. The summed E-state index contributed by atoms with van der Waals surface area (Å²) in [5.41, 5.74) is 0. The van der Waals surface area contributed by atoms with Crippen molar-refractivity contribution >= 4 is 22.1 Å². The van der Waals surface area contributed by atoms with Crippen LogP contribution in [0.1, 0.15) is 13.8 Å². The Labute approximate surface area is 62.1 Å². The molecule has 4 heteroatoms. The summed E-state index contributed by atoms with van der Waals surface area (Å²) in [6, 6.07) is 0. The first-order chi connectivity index (χ1) is 4.04. The van der Waals surface area contributed by atoms with Gasteiger partial charge in [-0.25, -0.2) is 4.79 Å². The van der Waals surface area contributed by atoms with E-state index in [0.29, 0.717) is 0 Å². The van der Waals surface area contributed by atoms with Crippen LogP contribution in [0.5, 0.6) is 0 Å². The molecule has 0 aromatic rings. The maximum absolute atomic E-state index is 9.87.